The van der Waals surface area contributed by atoms with Crippen LogP contribution in [0.15, 0.2) is 85.2 Å². The third-order valence-corrected chi connectivity index (χ3v) is 6.24. The number of carbonyl (C=O) groups excluding carboxylic acids is 1. The number of carboxylic acids is 1. The molecule has 0 radical (unpaired) electrons. The van der Waals surface area contributed by atoms with Crippen LogP contribution in [-0.2, 0) is 9.53 Å². The van der Waals surface area contributed by atoms with Crippen LogP contribution < -0.4 is 0 Å². The molecule has 0 spiro atoms. The number of nitrogens with zero attached hydrogens (tertiary/aromatic N) is 2. The number of likely N-dealkylation sites (N-methyl/N-ethyl adjacent to an activating group) is 1. The molecule has 164 valence electrons. The summed E-state index contributed by atoms with van der Waals surface area (Å²) in [5.41, 5.74) is 4.90. The number of pyridine rings is 1. The fraction of sp³-hybridized carbons (Fsp3) is 0.148. The molecule has 0 saturated carbocycles. The SMILES string of the molecule is CN(C(=O)OCC1c2ccccc2-c2ccccc21)C(C(=O)O)c1cncc2ccccc12. The molecule has 33 heavy (non-hydrogen) atoms. The van der Waals surface area contributed by atoms with Gasteiger partial charge in [-0.3, -0.25) is 9.88 Å². The maximum Gasteiger partial charge on any atom is 0.410 e. The summed E-state index contributed by atoms with van der Waals surface area (Å²) in [4.78, 5) is 30.5. The van der Waals surface area contributed by atoms with Crippen molar-refractivity contribution in [3.63, 3.8) is 0 Å². The van der Waals surface area contributed by atoms with Crippen molar-refractivity contribution in [1.29, 1.82) is 0 Å². The zero-order valence-electron chi connectivity index (χ0n) is 18.0. The van der Waals surface area contributed by atoms with Gasteiger partial charge in [-0.15, -0.1) is 0 Å². The van der Waals surface area contributed by atoms with E-state index in [4.69, 9.17) is 4.74 Å². The Kier molecular flexibility index (Phi) is 5.26. The third-order valence-electron chi connectivity index (χ3n) is 6.24. The molecule has 6 heteroatoms. The Labute approximate surface area is 191 Å². The molecule has 0 saturated heterocycles. The first-order chi connectivity index (χ1) is 16.1. The van der Waals surface area contributed by atoms with Gasteiger partial charge in [0, 0.05) is 36.3 Å². The van der Waals surface area contributed by atoms with Crippen LogP contribution in [0.2, 0.25) is 0 Å². The molecule has 0 bridgehead atoms. The van der Waals surface area contributed by atoms with Crippen LogP contribution in [0, 0.1) is 0 Å². The number of aliphatic carboxylic acids is 1. The second kappa shape index (κ2) is 8.39. The van der Waals surface area contributed by atoms with Crippen LogP contribution in [0.4, 0.5) is 4.79 Å². The zero-order valence-corrected chi connectivity index (χ0v) is 18.0. The van der Waals surface area contributed by atoms with Crippen molar-refractivity contribution in [2.45, 2.75) is 12.0 Å². The highest BCUT2D eigenvalue weighted by Gasteiger charge is 2.33. The minimum Gasteiger partial charge on any atom is -0.479 e. The van der Waals surface area contributed by atoms with Gasteiger partial charge in [0.2, 0.25) is 0 Å². The standard InChI is InChI=1S/C27H22N2O4/c1-29(25(26(30)31)23-15-28-14-17-8-2-3-9-18(17)23)27(32)33-16-24-21-12-6-4-10-19(21)20-11-5-7-13-22(20)24/h2-15,24-25H,16H2,1H3,(H,30,31). The molecule has 6 nitrogen and oxygen atoms in total. The van der Waals surface area contributed by atoms with Gasteiger partial charge in [-0.05, 0) is 27.6 Å². The third kappa shape index (κ3) is 3.59. The zero-order chi connectivity index (χ0) is 22.9. The van der Waals surface area contributed by atoms with Crippen LogP contribution in [0.25, 0.3) is 21.9 Å². The van der Waals surface area contributed by atoms with Gasteiger partial charge < -0.3 is 9.84 Å². The van der Waals surface area contributed by atoms with Gasteiger partial charge in [0.25, 0.3) is 0 Å². The fourth-order valence-corrected chi connectivity index (χ4v) is 4.67. The molecule has 0 fully saturated rings. The van der Waals surface area contributed by atoms with Crippen LogP contribution in [0.3, 0.4) is 0 Å². The maximum absolute atomic E-state index is 13.0. The number of benzene rings is 3. The van der Waals surface area contributed by atoms with Crippen LogP contribution in [0.1, 0.15) is 28.7 Å². The lowest BCUT2D eigenvalue weighted by Gasteiger charge is -2.26. The van der Waals surface area contributed by atoms with Gasteiger partial charge in [-0.25, -0.2) is 9.59 Å². The summed E-state index contributed by atoms with van der Waals surface area (Å²) < 4.78 is 5.67. The average molecular weight is 438 g/mol. The Balaban J connectivity index is 1.40. The van der Waals surface area contributed by atoms with E-state index in [0.29, 0.717) is 5.56 Å². The molecule has 0 aliphatic heterocycles. The van der Waals surface area contributed by atoms with E-state index in [-0.39, 0.29) is 12.5 Å². The van der Waals surface area contributed by atoms with E-state index in [1.807, 2.05) is 60.7 Å². The number of rotatable bonds is 5. The van der Waals surface area contributed by atoms with Crippen molar-refractivity contribution >= 4 is 22.8 Å². The van der Waals surface area contributed by atoms with E-state index in [0.717, 1.165) is 37.9 Å². The molecule has 1 atom stereocenters. The second-order valence-corrected chi connectivity index (χ2v) is 8.11. The number of carbonyl (C=O) groups is 2. The van der Waals surface area contributed by atoms with Crippen molar-refractivity contribution in [1.82, 2.24) is 9.88 Å². The first kappa shape index (κ1) is 20.7. The molecule has 1 N–H and O–H groups in total. The van der Waals surface area contributed by atoms with E-state index < -0.39 is 18.1 Å². The van der Waals surface area contributed by atoms with E-state index in [2.05, 4.69) is 17.1 Å². The number of ether oxygens (including phenoxy) is 1. The second-order valence-electron chi connectivity index (χ2n) is 8.11. The van der Waals surface area contributed by atoms with Gasteiger partial charge in [-0.1, -0.05) is 72.8 Å². The Bertz CT molecular complexity index is 1320. The minimum absolute atomic E-state index is 0.0998. The smallest absolute Gasteiger partial charge is 0.410 e. The Morgan fingerprint density at radius 3 is 2.21 bits per heavy atom. The Hall–Kier alpha value is -4.19. The highest BCUT2D eigenvalue weighted by molar-refractivity contribution is 5.91. The number of amides is 1. The first-order valence-corrected chi connectivity index (χ1v) is 10.7. The first-order valence-electron chi connectivity index (χ1n) is 10.7. The summed E-state index contributed by atoms with van der Waals surface area (Å²) in [6.45, 7) is 0.122. The summed E-state index contributed by atoms with van der Waals surface area (Å²) in [5, 5.41) is 11.5. The van der Waals surface area contributed by atoms with Gasteiger partial charge in [0.05, 0.1) is 0 Å². The summed E-state index contributed by atoms with van der Waals surface area (Å²) in [6.07, 6.45) is 2.47. The quantitative estimate of drug-likeness (QED) is 0.461. The topological polar surface area (TPSA) is 79.7 Å². The molecule has 1 aromatic heterocycles. The summed E-state index contributed by atoms with van der Waals surface area (Å²) in [7, 11) is 1.44. The highest BCUT2D eigenvalue weighted by Crippen LogP contribution is 2.44. The predicted molar refractivity (Wildman–Crippen MR) is 125 cm³/mol. The summed E-state index contributed by atoms with van der Waals surface area (Å²) >= 11 is 0. The monoisotopic (exact) mass is 438 g/mol. The van der Waals surface area contributed by atoms with Crippen molar-refractivity contribution in [2.75, 3.05) is 13.7 Å². The molecular weight excluding hydrogens is 416 g/mol. The van der Waals surface area contributed by atoms with Crippen LogP contribution in [-0.4, -0.2) is 40.7 Å². The molecule has 1 unspecified atom stereocenters. The summed E-state index contributed by atoms with van der Waals surface area (Å²) in [5.74, 6) is -1.25. The summed E-state index contributed by atoms with van der Waals surface area (Å²) in [6, 6.07) is 22.3. The van der Waals surface area contributed by atoms with E-state index in [1.54, 1.807) is 6.20 Å². The number of aromatic nitrogens is 1. The van der Waals surface area contributed by atoms with Gasteiger partial charge >= 0.3 is 12.1 Å². The number of carboxylic acid groups (broad SMARTS) is 1. The lowest BCUT2D eigenvalue weighted by atomic mass is 9.98. The Morgan fingerprint density at radius 1 is 0.939 bits per heavy atom. The van der Waals surface area contributed by atoms with Gasteiger partial charge in [0.1, 0.15) is 6.61 Å². The number of hydrogen-bond acceptors (Lipinski definition) is 4. The van der Waals surface area contributed by atoms with Gasteiger partial charge in [-0.2, -0.15) is 0 Å². The number of hydrogen-bond donors (Lipinski definition) is 1. The maximum atomic E-state index is 13.0. The van der Waals surface area contributed by atoms with Crippen molar-refractivity contribution in [3.05, 3.63) is 102 Å². The molecule has 1 aliphatic carbocycles. The molecule has 5 rings (SSSR count). The average Bonchev–Trinajstić information content (AvgIpc) is 3.16. The van der Waals surface area contributed by atoms with Crippen molar-refractivity contribution in [3.8, 4) is 11.1 Å². The van der Waals surface area contributed by atoms with Gasteiger partial charge in [0.15, 0.2) is 6.04 Å². The molecule has 3 aromatic carbocycles. The molecule has 4 aromatic rings. The molecule has 1 aliphatic rings. The molecule has 1 amide bonds. The van der Waals surface area contributed by atoms with E-state index >= 15 is 0 Å². The fourth-order valence-electron chi connectivity index (χ4n) is 4.67. The highest BCUT2D eigenvalue weighted by atomic mass is 16.6. The lowest BCUT2D eigenvalue weighted by Crippen LogP contribution is -2.37. The predicted octanol–water partition coefficient (Wildman–Crippen LogP) is 5.24. The minimum atomic E-state index is -1.22. The lowest BCUT2D eigenvalue weighted by molar-refractivity contribution is -0.142. The van der Waals surface area contributed by atoms with E-state index in [1.165, 1.54) is 13.2 Å². The largest absolute Gasteiger partial charge is 0.479 e. The van der Waals surface area contributed by atoms with Crippen LogP contribution in [0.5, 0.6) is 0 Å². The molecule has 1 heterocycles. The number of fused-ring (bicyclic) bond motifs is 4. The molecular formula is C27H22N2O4. The Morgan fingerprint density at radius 2 is 1.55 bits per heavy atom. The normalized spacial score (nSPS) is 13.2. The van der Waals surface area contributed by atoms with Crippen LogP contribution >= 0.6 is 0 Å². The van der Waals surface area contributed by atoms with Crippen molar-refractivity contribution < 1.29 is 19.4 Å². The van der Waals surface area contributed by atoms with E-state index in [9.17, 15) is 14.7 Å². The van der Waals surface area contributed by atoms with Crippen molar-refractivity contribution in [2.24, 2.45) is 0 Å².